The predicted octanol–water partition coefficient (Wildman–Crippen LogP) is 4.91. The Balaban J connectivity index is 1.36. The Morgan fingerprint density at radius 3 is 2.72 bits per heavy atom. The van der Waals surface area contributed by atoms with Gasteiger partial charge >= 0.3 is 0 Å². The molecule has 1 N–H and O–H groups in total. The highest BCUT2D eigenvalue weighted by Crippen LogP contribution is 2.24. The highest BCUT2D eigenvalue weighted by Gasteiger charge is 2.13. The summed E-state index contributed by atoms with van der Waals surface area (Å²) in [7, 11) is 0. The van der Waals surface area contributed by atoms with Crippen LogP contribution in [0.5, 0.6) is 0 Å². The van der Waals surface area contributed by atoms with E-state index in [4.69, 9.17) is 4.42 Å². The van der Waals surface area contributed by atoms with E-state index in [1.165, 1.54) is 23.4 Å². The number of hydrogen-bond acceptors (Lipinski definition) is 4. The molecule has 4 nitrogen and oxygen atoms in total. The predicted molar refractivity (Wildman–Crippen MR) is 111 cm³/mol. The molecular formula is C22H22F2N2O2S. The molecule has 0 unspecified atom stereocenters. The van der Waals surface area contributed by atoms with Crippen molar-refractivity contribution in [3.05, 3.63) is 77.3 Å². The van der Waals surface area contributed by atoms with Crippen molar-refractivity contribution < 1.29 is 18.0 Å². The molecule has 3 rings (SSSR count). The van der Waals surface area contributed by atoms with Gasteiger partial charge in [-0.05, 0) is 24.6 Å². The van der Waals surface area contributed by atoms with Crippen LogP contribution in [0.1, 0.15) is 23.4 Å². The largest absolute Gasteiger partial charge is 0.441 e. The van der Waals surface area contributed by atoms with Crippen LogP contribution in [-0.2, 0) is 17.0 Å². The van der Waals surface area contributed by atoms with Crippen LogP contribution in [0.4, 0.5) is 8.78 Å². The molecule has 29 heavy (non-hydrogen) atoms. The van der Waals surface area contributed by atoms with E-state index < -0.39 is 11.6 Å². The number of carbonyl (C=O) groups is 1. The van der Waals surface area contributed by atoms with Crippen molar-refractivity contribution in [1.29, 1.82) is 0 Å². The molecular weight excluding hydrogens is 394 g/mol. The molecule has 0 aliphatic heterocycles. The number of halogens is 2. The van der Waals surface area contributed by atoms with Crippen LogP contribution in [0.3, 0.4) is 0 Å². The maximum atomic E-state index is 13.8. The Bertz CT molecular complexity index is 958. The van der Waals surface area contributed by atoms with Gasteiger partial charge in [-0.2, -0.15) is 11.8 Å². The van der Waals surface area contributed by atoms with Crippen LogP contribution in [0.25, 0.3) is 11.3 Å². The number of benzene rings is 2. The normalized spacial score (nSPS) is 10.9. The first-order chi connectivity index (χ1) is 14.0. The van der Waals surface area contributed by atoms with Gasteiger partial charge in [-0.1, -0.05) is 29.8 Å². The van der Waals surface area contributed by atoms with Crippen LogP contribution < -0.4 is 5.32 Å². The quantitative estimate of drug-likeness (QED) is 0.504. The number of nitrogens with one attached hydrogen (secondary N) is 1. The summed E-state index contributed by atoms with van der Waals surface area (Å²) >= 11 is 1.76. The van der Waals surface area contributed by atoms with Gasteiger partial charge in [0, 0.05) is 37.0 Å². The number of aryl methyl sites for hydroxylation is 2. The third-order valence-corrected chi connectivity index (χ3v) is 5.30. The Labute approximate surface area is 172 Å². The molecule has 0 saturated carbocycles. The van der Waals surface area contributed by atoms with E-state index in [-0.39, 0.29) is 23.7 Å². The van der Waals surface area contributed by atoms with E-state index in [0.29, 0.717) is 18.9 Å². The van der Waals surface area contributed by atoms with Crippen molar-refractivity contribution in [3.8, 4) is 11.3 Å². The molecule has 0 radical (unpaired) electrons. The number of rotatable bonds is 9. The summed E-state index contributed by atoms with van der Waals surface area (Å²) in [6, 6.07) is 11.7. The number of hydrogen-bond donors (Lipinski definition) is 1. The number of thioether (sulfide) groups is 1. The van der Waals surface area contributed by atoms with Gasteiger partial charge in [-0.15, -0.1) is 0 Å². The van der Waals surface area contributed by atoms with E-state index in [2.05, 4.69) is 41.5 Å². The number of amides is 1. The molecule has 0 saturated heterocycles. The summed E-state index contributed by atoms with van der Waals surface area (Å²) in [6.45, 7) is 2.65. The maximum Gasteiger partial charge on any atom is 0.220 e. The summed E-state index contributed by atoms with van der Waals surface area (Å²) < 4.78 is 32.3. The minimum atomic E-state index is -0.714. The van der Waals surface area contributed by atoms with Gasteiger partial charge in [0.15, 0.2) is 11.7 Å². The van der Waals surface area contributed by atoms with E-state index in [1.54, 1.807) is 11.8 Å². The fraction of sp³-hybridized carbons (Fsp3) is 0.273. The lowest BCUT2D eigenvalue weighted by Crippen LogP contribution is -2.25. The fourth-order valence-corrected chi connectivity index (χ4v) is 3.50. The minimum absolute atomic E-state index is 0.0892. The topological polar surface area (TPSA) is 55.1 Å². The monoisotopic (exact) mass is 416 g/mol. The molecule has 0 atom stereocenters. The first-order valence-electron chi connectivity index (χ1n) is 9.31. The van der Waals surface area contributed by atoms with Crippen LogP contribution >= 0.6 is 11.8 Å². The molecule has 0 spiro atoms. The second-order valence-electron chi connectivity index (χ2n) is 6.63. The molecule has 152 valence electrons. The van der Waals surface area contributed by atoms with Gasteiger partial charge in [0.2, 0.25) is 5.91 Å². The Kier molecular flexibility index (Phi) is 7.41. The molecule has 0 aliphatic carbocycles. The lowest BCUT2D eigenvalue weighted by atomic mass is 10.2. The van der Waals surface area contributed by atoms with Crippen LogP contribution in [0, 0.1) is 18.6 Å². The SMILES string of the molecule is Cc1ccc(CSCCNC(=O)CCc2ncc(-c3ccc(F)cc3F)o2)cc1. The molecule has 7 heteroatoms. The second kappa shape index (κ2) is 10.2. The number of carbonyl (C=O) groups excluding carboxylic acids is 1. The third kappa shape index (κ3) is 6.42. The Morgan fingerprint density at radius 2 is 1.97 bits per heavy atom. The van der Waals surface area contributed by atoms with E-state index in [9.17, 15) is 13.6 Å². The summed E-state index contributed by atoms with van der Waals surface area (Å²) in [5.74, 6) is 0.835. The summed E-state index contributed by atoms with van der Waals surface area (Å²) in [5.41, 5.74) is 2.65. The molecule has 0 fully saturated rings. The van der Waals surface area contributed by atoms with E-state index in [1.807, 2.05) is 0 Å². The van der Waals surface area contributed by atoms with Crippen molar-refractivity contribution in [3.63, 3.8) is 0 Å². The zero-order chi connectivity index (χ0) is 20.6. The van der Waals surface area contributed by atoms with Crippen LogP contribution in [0.15, 0.2) is 53.1 Å². The Hall–Kier alpha value is -2.67. The summed E-state index contributed by atoms with van der Waals surface area (Å²) in [6.07, 6.45) is 1.92. The van der Waals surface area contributed by atoms with E-state index >= 15 is 0 Å². The first-order valence-corrected chi connectivity index (χ1v) is 10.5. The third-order valence-electron chi connectivity index (χ3n) is 4.27. The number of aromatic nitrogens is 1. The highest BCUT2D eigenvalue weighted by molar-refractivity contribution is 7.98. The lowest BCUT2D eigenvalue weighted by molar-refractivity contribution is -0.121. The lowest BCUT2D eigenvalue weighted by Gasteiger charge is -2.05. The Morgan fingerprint density at radius 1 is 1.17 bits per heavy atom. The minimum Gasteiger partial charge on any atom is -0.441 e. The summed E-state index contributed by atoms with van der Waals surface area (Å²) in [5, 5.41) is 2.87. The second-order valence-corrected chi connectivity index (χ2v) is 7.74. The van der Waals surface area contributed by atoms with Crippen molar-refractivity contribution >= 4 is 17.7 Å². The van der Waals surface area contributed by atoms with Crippen LogP contribution in [-0.4, -0.2) is 23.2 Å². The van der Waals surface area contributed by atoms with Crippen molar-refractivity contribution in [2.75, 3.05) is 12.3 Å². The van der Waals surface area contributed by atoms with Crippen LogP contribution in [0.2, 0.25) is 0 Å². The van der Waals surface area contributed by atoms with Gasteiger partial charge in [-0.3, -0.25) is 4.79 Å². The van der Waals surface area contributed by atoms with Crippen molar-refractivity contribution in [1.82, 2.24) is 10.3 Å². The standard InChI is InChI=1S/C22H22F2N2O2S/c1-15-2-4-16(5-3-15)14-29-11-10-25-21(27)8-9-22-26-13-20(28-22)18-7-6-17(23)12-19(18)24/h2-7,12-13H,8-11,14H2,1H3,(H,25,27). The van der Waals surface area contributed by atoms with Gasteiger partial charge < -0.3 is 9.73 Å². The van der Waals surface area contributed by atoms with E-state index in [0.717, 1.165) is 23.6 Å². The number of nitrogens with zero attached hydrogens (tertiary/aromatic N) is 1. The molecule has 2 aromatic carbocycles. The molecule has 1 heterocycles. The maximum absolute atomic E-state index is 13.8. The molecule has 1 aromatic heterocycles. The first kappa shape index (κ1) is 21.0. The molecule has 0 aliphatic rings. The fourth-order valence-electron chi connectivity index (χ4n) is 2.69. The number of oxazole rings is 1. The smallest absolute Gasteiger partial charge is 0.220 e. The van der Waals surface area contributed by atoms with Gasteiger partial charge in [0.1, 0.15) is 11.6 Å². The molecule has 1 amide bonds. The molecule has 3 aromatic rings. The average molecular weight is 416 g/mol. The van der Waals surface area contributed by atoms with Gasteiger partial charge in [-0.25, -0.2) is 13.8 Å². The zero-order valence-corrected chi connectivity index (χ0v) is 16.9. The summed E-state index contributed by atoms with van der Waals surface area (Å²) in [4.78, 5) is 16.0. The highest BCUT2D eigenvalue weighted by atomic mass is 32.2. The van der Waals surface area contributed by atoms with Gasteiger partial charge in [0.25, 0.3) is 0 Å². The van der Waals surface area contributed by atoms with Gasteiger partial charge in [0.05, 0.1) is 11.8 Å². The van der Waals surface area contributed by atoms with Crippen molar-refractivity contribution in [2.24, 2.45) is 0 Å². The van der Waals surface area contributed by atoms with Crippen molar-refractivity contribution in [2.45, 2.75) is 25.5 Å². The average Bonchev–Trinajstić information content (AvgIpc) is 3.16. The molecule has 0 bridgehead atoms. The zero-order valence-electron chi connectivity index (χ0n) is 16.1.